The normalized spacial score (nSPS) is 44.8. The van der Waals surface area contributed by atoms with Crippen LogP contribution in [0.1, 0.15) is 133 Å². The van der Waals surface area contributed by atoms with E-state index in [4.69, 9.17) is 18.9 Å². The lowest BCUT2D eigenvalue weighted by Gasteiger charge is -2.60. The second kappa shape index (κ2) is 13.2. The van der Waals surface area contributed by atoms with E-state index < -0.39 is 0 Å². The Kier molecular flexibility index (Phi) is 9.74. The SMILES string of the molecule is C.CC(C)CC(=O)N1CCOC(O[C@H]2CC[C@]34C[C@]35CC[C@]3(C)C6CCC([C@H](OC(=O)N7CCC7)C(C)C)OC6CC3C5CCC4C2(C)C)C1. The Morgan fingerprint density at radius 1 is 0.860 bits per heavy atom. The molecule has 0 bridgehead atoms. The molecule has 0 aromatic carbocycles. The maximum atomic E-state index is 12.9. The van der Waals surface area contributed by atoms with Gasteiger partial charge in [0, 0.05) is 26.1 Å². The van der Waals surface area contributed by atoms with Gasteiger partial charge in [0.15, 0.2) is 6.29 Å². The summed E-state index contributed by atoms with van der Waals surface area (Å²) in [5.74, 6) is 3.68. The third-order valence-corrected chi connectivity index (χ3v) is 16.2. The van der Waals surface area contributed by atoms with Gasteiger partial charge in [-0.2, -0.15) is 0 Å². The summed E-state index contributed by atoms with van der Waals surface area (Å²) in [6, 6.07) is 0. The molecule has 3 saturated heterocycles. The van der Waals surface area contributed by atoms with E-state index in [0.717, 1.165) is 44.2 Å². The van der Waals surface area contributed by atoms with Crippen LogP contribution in [-0.4, -0.2) is 85.3 Å². The van der Waals surface area contributed by atoms with Gasteiger partial charge in [0.25, 0.3) is 0 Å². The highest BCUT2D eigenvalue weighted by atomic mass is 16.7. The Morgan fingerprint density at radius 3 is 2.32 bits per heavy atom. The van der Waals surface area contributed by atoms with Gasteiger partial charge in [-0.3, -0.25) is 4.79 Å². The first kappa shape index (κ1) is 37.0. The van der Waals surface area contributed by atoms with Crippen LogP contribution in [0, 0.1) is 57.2 Å². The van der Waals surface area contributed by atoms with Gasteiger partial charge in [0.1, 0.15) is 6.10 Å². The quantitative estimate of drug-likeness (QED) is 0.266. The summed E-state index contributed by atoms with van der Waals surface area (Å²) in [6.45, 7) is 19.7. The van der Waals surface area contributed by atoms with Crippen molar-refractivity contribution in [3.05, 3.63) is 0 Å². The van der Waals surface area contributed by atoms with Gasteiger partial charge in [-0.05, 0) is 128 Å². The number of rotatable bonds is 7. The molecule has 5 aliphatic carbocycles. The summed E-state index contributed by atoms with van der Waals surface area (Å²) in [7, 11) is 0. The van der Waals surface area contributed by atoms with E-state index in [9.17, 15) is 9.59 Å². The van der Waals surface area contributed by atoms with Gasteiger partial charge in [-0.15, -0.1) is 0 Å². The molecule has 8 heteroatoms. The molecule has 0 radical (unpaired) electrons. The molecule has 284 valence electrons. The number of likely N-dealkylation sites (tertiary alicyclic amines) is 1. The molecule has 2 amide bonds. The zero-order valence-corrected chi connectivity index (χ0v) is 31.7. The van der Waals surface area contributed by atoms with Gasteiger partial charge in [-0.25, -0.2) is 4.79 Å². The Hall–Kier alpha value is -1.38. The summed E-state index contributed by atoms with van der Waals surface area (Å²) in [5, 5.41) is 0. The van der Waals surface area contributed by atoms with Crippen LogP contribution >= 0.6 is 0 Å². The van der Waals surface area contributed by atoms with Crippen LogP contribution < -0.4 is 0 Å². The van der Waals surface area contributed by atoms with E-state index >= 15 is 0 Å². The number of hydrogen-bond acceptors (Lipinski definition) is 6. The Morgan fingerprint density at radius 2 is 1.62 bits per heavy atom. The summed E-state index contributed by atoms with van der Waals surface area (Å²) in [6.07, 6.45) is 14.1. The van der Waals surface area contributed by atoms with Gasteiger partial charge >= 0.3 is 6.09 Å². The number of carbonyl (C=O) groups is 2. The molecule has 8 aliphatic rings. The van der Waals surface area contributed by atoms with Crippen molar-refractivity contribution in [2.75, 3.05) is 32.8 Å². The lowest BCUT2D eigenvalue weighted by atomic mass is 9.46. The van der Waals surface area contributed by atoms with Crippen molar-refractivity contribution in [2.45, 2.75) is 164 Å². The fourth-order valence-corrected chi connectivity index (χ4v) is 13.7. The van der Waals surface area contributed by atoms with Gasteiger partial charge in [-0.1, -0.05) is 55.9 Å². The van der Waals surface area contributed by atoms with E-state index in [0.29, 0.717) is 66.2 Å². The van der Waals surface area contributed by atoms with Crippen LogP contribution in [0.4, 0.5) is 4.79 Å². The van der Waals surface area contributed by atoms with Gasteiger partial charge in [0.2, 0.25) is 5.91 Å². The van der Waals surface area contributed by atoms with Gasteiger partial charge < -0.3 is 28.7 Å². The molecule has 5 saturated carbocycles. The molecular formula is C42H70N2O6. The van der Waals surface area contributed by atoms with Crippen molar-refractivity contribution in [1.29, 1.82) is 0 Å². The highest BCUT2D eigenvalue weighted by molar-refractivity contribution is 5.76. The number of nitrogens with zero attached hydrogens (tertiary/aromatic N) is 2. The maximum Gasteiger partial charge on any atom is 0.410 e. The zero-order chi connectivity index (χ0) is 34.5. The predicted molar refractivity (Wildman–Crippen MR) is 194 cm³/mol. The molecular weight excluding hydrogens is 628 g/mol. The van der Waals surface area contributed by atoms with Crippen molar-refractivity contribution < 1.29 is 28.5 Å². The van der Waals surface area contributed by atoms with E-state index in [1.807, 2.05) is 9.80 Å². The number of carbonyl (C=O) groups excluding carboxylic acids is 2. The van der Waals surface area contributed by atoms with Crippen molar-refractivity contribution in [2.24, 2.45) is 57.2 Å². The number of amides is 2. The maximum absolute atomic E-state index is 12.9. The molecule has 12 atom stereocenters. The molecule has 0 aromatic rings. The van der Waals surface area contributed by atoms with Crippen molar-refractivity contribution in [3.8, 4) is 0 Å². The standard InChI is InChI=1S/C41H66N2O6.CH4/c1-25(2)21-34(44)43-19-20-46-35(23-43)48-33-13-14-41-24-40(41)16-15-39(7)28-9-11-30(36(26(3)4)49-37(45)42-17-8-18-42)47-31(28)22-29(39)27(40)10-12-32(41)38(33,5)6;/h25-33,35-36H,8-24H2,1-7H3;1H4/t27?,28?,29?,30?,31?,32?,33-,35?,36+,39+,40-,41+;/m0./s1. The van der Waals surface area contributed by atoms with Crippen molar-refractivity contribution >= 4 is 12.0 Å². The molecule has 0 aromatic heterocycles. The third kappa shape index (κ3) is 5.69. The highest BCUT2D eigenvalue weighted by Crippen LogP contribution is 2.87. The smallest absolute Gasteiger partial charge is 0.410 e. The van der Waals surface area contributed by atoms with E-state index in [2.05, 4.69) is 48.5 Å². The average Bonchev–Trinajstić information content (AvgIpc) is 3.60. The molecule has 50 heavy (non-hydrogen) atoms. The van der Waals surface area contributed by atoms with Crippen LogP contribution in [0.2, 0.25) is 0 Å². The second-order valence-electron chi connectivity index (χ2n) is 19.6. The highest BCUT2D eigenvalue weighted by Gasteiger charge is 2.80. The predicted octanol–water partition coefficient (Wildman–Crippen LogP) is 8.31. The third-order valence-electron chi connectivity index (χ3n) is 16.2. The lowest BCUT2D eigenvalue weighted by Crippen LogP contribution is -2.56. The fourth-order valence-electron chi connectivity index (χ4n) is 13.7. The first-order chi connectivity index (χ1) is 23.3. The minimum Gasteiger partial charge on any atom is -0.443 e. The van der Waals surface area contributed by atoms with E-state index in [1.54, 1.807) is 0 Å². The van der Waals surface area contributed by atoms with Gasteiger partial charge in [0.05, 0.1) is 31.5 Å². The zero-order valence-electron chi connectivity index (χ0n) is 31.7. The number of hydrogen-bond donors (Lipinski definition) is 0. The Labute approximate surface area is 303 Å². The summed E-state index contributed by atoms with van der Waals surface area (Å²) >= 11 is 0. The second-order valence-corrected chi connectivity index (χ2v) is 19.6. The molecule has 8 fully saturated rings. The fraction of sp³-hybridized carbons (Fsp3) is 0.952. The van der Waals surface area contributed by atoms with Crippen molar-refractivity contribution in [1.82, 2.24) is 9.80 Å². The first-order valence-electron chi connectivity index (χ1n) is 20.4. The minimum atomic E-state index is -0.316. The molecule has 7 unspecified atom stereocenters. The van der Waals surface area contributed by atoms with E-state index in [-0.39, 0.29) is 55.4 Å². The van der Waals surface area contributed by atoms with Crippen LogP contribution in [0.15, 0.2) is 0 Å². The van der Waals surface area contributed by atoms with Crippen LogP contribution in [0.3, 0.4) is 0 Å². The number of fused-ring (bicyclic) bond motifs is 4. The van der Waals surface area contributed by atoms with Crippen molar-refractivity contribution in [3.63, 3.8) is 0 Å². The minimum absolute atomic E-state index is 0. The Bertz CT molecular complexity index is 1280. The Balaban J connectivity index is 0.00000392. The largest absolute Gasteiger partial charge is 0.443 e. The monoisotopic (exact) mass is 699 g/mol. The first-order valence-corrected chi connectivity index (χ1v) is 20.4. The summed E-state index contributed by atoms with van der Waals surface area (Å²) < 4.78 is 26.2. The van der Waals surface area contributed by atoms with Crippen LogP contribution in [0.5, 0.6) is 0 Å². The molecule has 0 N–H and O–H groups in total. The average molecular weight is 699 g/mol. The molecule has 8 rings (SSSR count). The molecule has 8 nitrogen and oxygen atoms in total. The lowest BCUT2D eigenvalue weighted by molar-refractivity contribution is -0.244. The van der Waals surface area contributed by atoms with E-state index in [1.165, 1.54) is 51.4 Å². The topological polar surface area (TPSA) is 77.5 Å². The van der Waals surface area contributed by atoms with Crippen LogP contribution in [-0.2, 0) is 23.7 Å². The summed E-state index contributed by atoms with van der Waals surface area (Å²) in [4.78, 5) is 29.5. The molecule has 3 aliphatic heterocycles. The van der Waals surface area contributed by atoms with Crippen LogP contribution in [0.25, 0.3) is 0 Å². The number of morpholine rings is 1. The number of ether oxygens (including phenoxy) is 4. The molecule has 2 spiro atoms. The summed E-state index contributed by atoms with van der Waals surface area (Å²) in [5.41, 5.74) is 1.39. The molecule has 3 heterocycles.